The second-order valence-electron chi connectivity index (χ2n) is 7.58. The van der Waals surface area contributed by atoms with Crippen LogP contribution in [0.25, 0.3) is 10.9 Å². The first-order valence-corrected chi connectivity index (χ1v) is 10.5. The van der Waals surface area contributed by atoms with E-state index < -0.39 is 0 Å². The Hall–Kier alpha value is -2.67. The fourth-order valence-electron chi connectivity index (χ4n) is 3.83. The summed E-state index contributed by atoms with van der Waals surface area (Å²) < 4.78 is 0.856. The molecule has 1 aliphatic rings. The van der Waals surface area contributed by atoms with Crippen molar-refractivity contribution in [1.82, 2.24) is 14.9 Å². The number of aryl methyl sites for hydroxylation is 2. The number of hydrogen-bond acceptors (Lipinski definition) is 3. The zero-order valence-corrected chi connectivity index (χ0v) is 18.0. The van der Waals surface area contributed by atoms with Crippen molar-refractivity contribution in [3.8, 4) is 0 Å². The van der Waals surface area contributed by atoms with Gasteiger partial charge >= 0.3 is 0 Å². The lowest BCUT2D eigenvalue weighted by atomic mass is 9.96. The number of aromatic amines is 1. The third-order valence-corrected chi connectivity index (χ3v) is 6.08. The molecule has 0 radical (unpaired) electrons. The van der Waals surface area contributed by atoms with Crippen LogP contribution >= 0.6 is 15.9 Å². The van der Waals surface area contributed by atoms with Crippen molar-refractivity contribution in [3.05, 3.63) is 57.8 Å². The molecule has 3 heterocycles. The maximum Gasteiger partial charge on any atom is 0.253 e. The van der Waals surface area contributed by atoms with Crippen molar-refractivity contribution >= 4 is 44.5 Å². The van der Waals surface area contributed by atoms with Gasteiger partial charge in [-0.1, -0.05) is 0 Å². The minimum absolute atomic E-state index is 0.0237. The van der Waals surface area contributed by atoms with Crippen molar-refractivity contribution in [2.75, 3.05) is 18.4 Å². The minimum Gasteiger partial charge on any atom is -0.358 e. The number of benzene rings is 1. The lowest BCUT2D eigenvalue weighted by molar-refractivity contribution is -0.121. The predicted octanol–water partition coefficient (Wildman–Crippen LogP) is 4.43. The number of halogens is 1. The summed E-state index contributed by atoms with van der Waals surface area (Å²) in [6.45, 7) is 5.18. The van der Waals surface area contributed by atoms with Crippen LogP contribution in [0.2, 0.25) is 0 Å². The molecule has 1 aromatic carbocycles. The SMILES string of the molecule is Cc1[nH]c2ccc(C(=O)N3CCCC(C(=O)Nc4ccc(Br)cn4)C3)cc2c1C. The molecule has 1 aliphatic heterocycles. The van der Waals surface area contributed by atoms with Gasteiger partial charge in [0.05, 0.1) is 5.92 Å². The van der Waals surface area contributed by atoms with Crippen molar-refractivity contribution in [2.24, 2.45) is 5.92 Å². The number of pyridine rings is 1. The van der Waals surface area contributed by atoms with Gasteiger partial charge in [-0.25, -0.2) is 4.98 Å². The van der Waals surface area contributed by atoms with Gasteiger partial charge in [-0.05, 0) is 78.5 Å². The smallest absolute Gasteiger partial charge is 0.253 e. The number of piperidine rings is 1. The normalized spacial score (nSPS) is 16.8. The van der Waals surface area contributed by atoms with Gasteiger partial charge in [-0.3, -0.25) is 9.59 Å². The predicted molar refractivity (Wildman–Crippen MR) is 117 cm³/mol. The molecule has 6 nitrogen and oxygen atoms in total. The molecule has 0 saturated carbocycles. The Kier molecular flexibility index (Phi) is 5.41. The highest BCUT2D eigenvalue weighted by Gasteiger charge is 2.29. The van der Waals surface area contributed by atoms with E-state index in [0.717, 1.165) is 39.5 Å². The number of fused-ring (bicyclic) bond motifs is 1. The van der Waals surface area contributed by atoms with Crippen molar-refractivity contribution in [2.45, 2.75) is 26.7 Å². The van der Waals surface area contributed by atoms with E-state index >= 15 is 0 Å². The third kappa shape index (κ3) is 4.05. The number of nitrogens with zero attached hydrogens (tertiary/aromatic N) is 2. The number of aromatic nitrogens is 2. The fourth-order valence-corrected chi connectivity index (χ4v) is 4.07. The first-order chi connectivity index (χ1) is 13.9. The monoisotopic (exact) mass is 454 g/mol. The Morgan fingerprint density at radius 1 is 1.24 bits per heavy atom. The number of amides is 2. The summed E-state index contributed by atoms with van der Waals surface area (Å²) in [7, 11) is 0. The van der Waals surface area contributed by atoms with Crippen molar-refractivity contribution in [1.29, 1.82) is 0 Å². The lowest BCUT2D eigenvalue weighted by Gasteiger charge is -2.32. The molecule has 29 heavy (non-hydrogen) atoms. The van der Waals surface area contributed by atoms with Gasteiger partial charge < -0.3 is 15.2 Å². The first kappa shape index (κ1) is 19.6. The van der Waals surface area contributed by atoms with E-state index in [1.54, 1.807) is 17.2 Å². The molecule has 0 aliphatic carbocycles. The van der Waals surface area contributed by atoms with E-state index in [4.69, 9.17) is 0 Å². The quantitative estimate of drug-likeness (QED) is 0.613. The number of likely N-dealkylation sites (tertiary alicyclic amines) is 1. The van der Waals surface area contributed by atoms with E-state index in [9.17, 15) is 9.59 Å². The summed E-state index contributed by atoms with van der Waals surface area (Å²) in [6.07, 6.45) is 3.22. The molecule has 2 amide bonds. The summed E-state index contributed by atoms with van der Waals surface area (Å²) in [4.78, 5) is 35.1. The average molecular weight is 455 g/mol. The van der Waals surface area contributed by atoms with Gasteiger partial charge in [-0.2, -0.15) is 0 Å². The van der Waals surface area contributed by atoms with Crippen LogP contribution in [-0.4, -0.2) is 39.8 Å². The van der Waals surface area contributed by atoms with Gasteiger partial charge in [0.25, 0.3) is 5.91 Å². The van der Waals surface area contributed by atoms with E-state index in [0.29, 0.717) is 24.5 Å². The molecule has 1 saturated heterocycles. The first-order valence-electron chi connectivity index (χ1n) is 9.73. The van der Waals surface area contributed by atoms with Gasteiger partial charge in [0, 0.05) is 45.9 Å². The Bertz CT molecular complexity index is 1070. The van der Waals surface area contributed by atoms with E-state index in [1.165, 1.54) is 0 Å². The maximum atomic E-state index is 13.1. The molecule has 0 bridgehead atoms. The van der Waals surface area contributed by atoms with Crippen LogP contribution in [-0.2, 0) is 4.79 Å². The average Bonchev–Trinajstić information content (AvgIpc) is 3.02. The van der Waals surface area contributed by atoms with Crippen LogP contribution in [0.1, 0.15) is 34.5 Å². The summed E-state index contributed by atoms with van der Waals surface area (Å²) in [5, 5.41) is 3.93. The number of nitrogens with one attached hydrogen (secondary N) is 2. The van der Waals surface area contributed by atoms with Gasteiger partial charge in [-0.15, -0.1) is 0 Å². The zero-order valence-electron chi connectivity index (χ0n) is 16.5. The van der Waals surface area contributed by atoms with E-state index in [-0.39, 0.29) is 17.7 Å². The van der Waals surface area contributed by atoms with Gasteiger partial charge in [0.15, 0.2) is 0 Å². The molecule has 1 atom stereocenters. The number of carbonyl (C=O) groups is 2. The van der Waals surface area contributed by atoms with Crippen LogP contribution < -0.4 is 5.32 Å². The summed E-state index contributed by atoms with van der Waals surface area (Å²) in [5.74, 6) is 0.165. The van der Waals surface area contributed by atoms with Gasteiger partial charge in [0.2, 0.25) is 5.91 Å². The lowest BCUT2D eigenvalue weighted by Crippen LogP contribution is -2.43. The Morgan fingerprint density at radius 2 is 2.07 bits per heavy atom. The molecule has 2 aromatic heterocycles. The second-order valence-corrected chi connectivity index (χ2v) is 8.49. The Labute approximate surface area is 177 Å². The van der Waals surface area contributed by atoms with Crippen LogP contribution in [0.4, 0.5) is 5.82 Å². The third-order valence-electron chi connectivity index (χ3n) is 5.61. The van der Waals surface area contributed by atoms with Crippen molar-refractivity contribution in [3.63, 3.8) is 0 Å². The maximum absolute atomic E-state index is 13.1. The fraction of sp³-hybridized carbons (Fsp3) is 0.318. The minimum atomic E-state index is -0.238. The molecule has 2 N–H and O–H groups in total. The molecule has 0 spiro atoms. The number of carbonyl (C=O) groups excluding carboxylic acids is 2. The summed E-state index contributed by atoms with van der Waals surface area (Å²) in [5.41, 5.74) is 3.97. The number of anilines is 1. The summed E-state index contributed by atoms with van der Waals surface area (Å²) >= 11 is 3.33. The molecule has 1 unspecified atom stereocenters. The second kappa shape index (κ2) is 7.99. The highest BCUT2D eigenvalue weighted by Crippen LogP contribution is 2.25. The van der Waals surface area contributed by atoms with E-state index in [1.807, 2.05) is 31.2 Å². The molecular formula is C22H23BrN4O2. The topological polar surface area (TPSA) is 78.1 Å². The summed E-state index contributed by atoms with van der Waals surface area (Å²) in [6, 6.07) is 9.35. The Morgan fingerprint density at radius 3 is 2.83 bits per heavy atom. The largest absolute Gasteiger partial charge is 0.358 e. The molecule has 3 aromatic rings. The zero-order chi connectivity index (χ0) is 20.5. The molecule has 7 heteroatoms. The molecule has 1 fully saturated rings. The highest BCUT2D eigenvalue weighted by molar-refractivity contribution is 9.10. The van der Waals surface area contributed by atoms with Crippen LogP contribution in [0.5, 0.6) is 0 Å². The molecular weight excluding hydrogens is 432 g/mol. The Balaban J connectivity index is 1.47. The van der Waals surface area contributed by atoms with Crippen LogP contribution in [0.15, 0.2) is 41.0 Å². The standard InChI is InChI=1S/C22H23BrN4O2/c1-13-14(2)25-19-7-5-15(10-18(13)19)22(29)27-9-3-4-16(12-27)21(28)26-20-8-6-17(23)11-24-20/h5-8,10-11,16,25H,3-4,9,12H2,1-2H3,(H,24,26,28). The van der Waals surface area contributed by atoms with Crippen LogP contribution in [0.3, 0.4) is 0 Å². The molecule has 150 valence electrons. The highest BCUT2D eigenvalue weighted by atomic mass is 79.9. The molecule has 4 rings (SSSR count). The van der Waals surface area contributed by atoms with Crippen molar-refractivity contribution < 1.29 is 9.59 Å². The number of H-pyrrole nitrogens is 1. The number of rotatable bonds is 3. The van der Waals surface area contributed by atoms with E-state index in [2.05, 4.69) is 38.1 Å². The van der Waals surface area contributed by atoms with Crippen LogP contribution in [0, 0.1) is 19.8 Å². The van der Waals surface area contributed by atoms with Gasteiger partial charge in [0.1, 0.15) is 5.82 Å². The number of hydrogen-bond donors (Lipinski definition) is 2.